The highest BCUT2D eigenvalue weighted by Crippen LogP contribution is 2.30. The van der Waals surface area contributed by atoms with Crippen LogP contribution < -0.4 is 10.2 Å². The van der Waals surface area contributed by atoms with Crippen molar-refractivity contribution in [1.82, 2.24) is 4.98 Å². The van der Waals surface area contributed by atoms with Crippen LogP contribution in [0.25, 0.3) is 10.9 Å². The molecule has 1 N–H and O–H groups in total. The van der Waals surface area contributed by atoms with Crippen molar-refractivity contribution in [1.29, 1.82) is 0 Å². The number of carbonyl (C=O) groups is 1. The van der Waals surface area contributed by atoms with Crippen LogP contribution in [0.2, 0.25) is 0 Å². The Kier molecular flexibility index (Phi) is 4.57. The second-order valence-corrected chi connectivity index (χ2v) is 6.97. The fourth-order valence-corrected chi connectivity index (χ4v) is 3.67. The largest absolute Gasteiger partial charge is 0.371 e. The number of hydrogen-bond donors (Lipinski definition) is 1. The lowest BCUT2D eigenvalue weighted by Crippen LogP contribution is -2.38. The Balaban J connectivity index is 1.45. The summed E-state index contributed by atoms with van der Waals surface area (Å²) in [5, 5.41) is 4.23. The van der Waals surface area contributed by atoms with E-state index >= 15 is 0 Å². The Bertz CT molecular complexity index is 915. The molecule has 1 fully saturated rings. The Morgan fingerprint density at radius 2 is 1.85 bits per heavy atom. The summed E-state index contributed by atoms with van der Waals surface area (Å²) in [6, 6.07) is 18.2. The van der Waals surface area contributed by atoms with Gasteiger partial charge in [-0.25, -0.2) is 0 Å². The standard InChI is InChI=1S/C22H23N3O/c1-16-7-8-20-19(15-16)21(9-12-23-20)25-13-10-17(11-14-25)22(26)24-18-5-3-2-4-6-18/h2-9,12,15,17H,10-11,13-14H2,1H3,(H,24,26). The van der Waals surface area contributed by atoms with E-state index in [4.69, 9.17) is 0 Å². The fourth-order valence-electron chi connectivity index (χ4n) is 3.67. The van der Waals surface area contributed by atoms with Gasteiger partial charge in [0.1, 0.15) is 0 Å². The van der Waals surface area contributed by atoms with E-state index in [1.165, 1.54) is 16.6 Å². The molecule has 3 aromatic rings. The highest BCUT2D eigenvalue weighted by molar-refractivity contribution is 5.94. The summed E-state index contributed by atoms with van der Waals surface area (Å²) in [4.78, 5) is 19.4. The van der Waals surface area contributed by atoms with Crippen molar-refractivity contribution >= 4 is 28.2 Å². The summed E-state index contributed by atoms with van der Waals surface area (Å²) in [5.74, 6) is 0.201. The summed E-state index contributed by atoms with van der Waals surface area (Å²) >= 11 is 0. The third-order valence-electron chi connectivity index (χ3n) is 5.12. The molecule has 1 aliphatic heterocycles. The van der Waals surface area contributed by atoms with Gasteiger partial charge in [0.05, 0.1) is 5.52 Å². The number of aromatic nitrogens is 1. The molecule has 1 amide bonds. The van der Waals surface area contributed by atoms with E-state index in [1.807, 2.05) is 36.5 Å². The van der Waals surface area contributed by atoms with Crippen LogP contribution in [0.1, 0.15) is 18.4 Å². The Morgan fingerprint density at radius 1 is 1.08 bits per heavy atom. The number of hydrogen-bond acceptors (Lipinski definition) is 3. The normalized spacial score (nSPS) is 15.2. The van der Waals surface area contributed by atoms with Gasteiger partial charge in [0.2, 0.25) is 5.91 Å². The summed E-state index contributed by atoms with van der Waals surface area (Å²) in [7, 11) is 0. The van der Waals surface area contributed by atoms with Crippen molar-refractivity contribution in [3.05, 3.63) is 66.4 Å². The highest BCUT2D eigenvalue weighted by Gasteiger charge is 2.26. The number of fused-ring (bicyclic) bond motifs is 1. The number of anilines is 2. The van der Waals surface area contributed by atoms with Gasteiger partial charge in [-0.2, -0.15) is 0 Å². The third-order valence-corrected chi connectivity index (χ3v) is 5.12. The molecule has 0 bridgehead atoms. The SMILES string of the molecule is Cc1ccc2nccc(N3CCC(C(=O)Nc4ccccc4)CC3)c2c1. The molecule has 0 unspecified atom stereocenters. The quantitative estimate of drug-likeness (QED) is 0.765. The van der Waals surface area contributed by atoms with Gasteiger partial charge in [0.25, 0.3) is 0 Å². The smallest absolute Gasteiger partial charge is 0.227 e. The average Bonchev–Trinajstić information content (AvgIpc) is 2.68. The van der Waals surface area contributed by atoms with Crippen LogP contribution in [-0.2, 0) is 4.79 Å². The summed E-state index contributed by atoms with van der Waals surface area (Å²) < 4.78 is 0. The van der Waals surface area contributed by atoms with E-state index in [9.17, 15) is 4.79 Å². The van der Waals surface area contributed by atoms with Crippen LogP contribution >= 0.6 is 0 Å². The van der Waals surface area contributed by atoms with Gasteiger partial charge >= 0.3 is 0 Å². The lowest BCUT2D eigenvalue weighted by Gasteiger charge is -2.33. The number of nitrogens with one attached hydrogen (secondary N) is 1. The molecule has 1 saturated heterocycles. The van der Waals surface area contributed by atoms with Crippen LogP contribution in [-0.4, -0.2) is 24.0 Å². The highest BCUT2D eigenvalue weighted by atomic mass is 16.1. The molecule has 1 aliphatic rings. The lowest BCUT2D eigenvalue weighted by molar-refractivity contribution is -0.120. The molecule has 0 radical (unpaired) electrons. The fraction of sp³-hybridized carbons (Fsp3) is 0.273. The van der Waals surface area contributed by atoms with Crippen molar-refractivity contribution < 1.29 is 4.79 Å². The molecule has 132 valence electrons. The van der Waals surface area contributed by atoms with Gasteiger partial charge in [-0.05, 0) is 50.1 Å². The minimum absolute atomic E-state index is 0.0706. The molecule has 26 heavy (non-hydrogen) atoms. The monoisotopic (exact) mass is 345 g/mol. The number of rotatable bonds is 3. The first-order valence-electron chi connectivity index (χ1n) is 9.17. The van der Waals surface area contributed by atoms with Gasteiger partial charge in [0, 0.05) is 42.0 Å². The first kappa shape index (κ1) is 16.6. The molecular formula is C22H23N3O. The number of amides is 1. The molecule has 2 aromatic carbocycles. The second-order valence-electron chi connectivity index (χ2n) is 6.97. The van der Waals surface area contributed by atoms with E-state index in [2.05, 4.69) is 46.4 Å². The zero-order valence-corrected chi connectivity index (χ0v) is 15.0. The van der Waals surface area contributed by atoms with Gasteiger partial charge in [-0.1, -0.05) is 29.8 Å². The Hall–Kier alpha value is -2.88. The zero-order chi connectivity index (χ0) is 17.9. The van der Waals surface area contributed by atoms with Crippen LogP contribution in [0.3, 0.4) is 0 Å². The molecule has 0 saturated carbocycles. The predicted octanol–water partition coefficient (Wildman–Crippen LogP) is 4.40. The average molecular weight is 345 g/mol. The minimum atomic E-state index is 0.0706. The number of carbonyl (C=O) groups excluding carboxylic acids is 1. The first-order valence-corrected chi connectivity index (χ1v) is 9.17. The first-order chi connectivity index (χ1) is 12.7. The number of pyridine rings is 1. The molecule has 4 nitrogen and oxygen atoms in total. The van der Waals surface area contributed by atoms with Crippen LogP contribution in [0, 0.1) is 12.8 Å². The van der Waals surface area contributed by atoms with Gasteiger partial charge in [-0.15, -0.1) is 0 Å². The van der Waals surface area contributed by atoms with E-state index in [0.29, 0.717) is 0 Å². The van der Waals surface area contributed by atoms with Crippen molar-refractivity contribution in [3.63, 3.8) is 0 Å². The molecule has 0 aliphatic carbocycles. The molecule has 1 aromatic heterocycles. The van der Waals surface area contributed by atoms with Crippen LogP contribution in [0.15, 0.2) is 60.8 Å². The van der Waals surface area contributed by atoms with Crippen molar-refractivity contribution in [2.45, 2.75) is 19.8 Å². The van der Waals surface area contributed by atoms with Crippen LogP contribution in [0.5, 0.6) is 0 Å². The van der Waals surface area contributed by atoms with Crippen molar-refractivity contribution in [3.8, 4) is 0 Å². The maximum Gasteiger partial charge on any atom is 0.227 e. The third kappa shape index (κ3) is 3.40. The number of aryl methyl sites for hydroxylation is 1. The second kappa shape index (κ2) is 7.16. The number of benzene rings is 2. The summed E-state index contributed by atoms with van der Waals surface area (Å²) in [6.45, 7) is 3.89. The topological polar surface area (TPSA) is 45.2 Å². The molecule has 4 rings (SSSR count). The minimum Gasteiger partial charge on any atom is -0.371 e. The van der Waals surface area contributed by atoms with E-state index in [1.54, 1.807) is 0 Å². The molecule has 0 spiro atoms. The van der Waals surface area contributed by atoms with Crippen LogP contribution in [0.4, 0.5) is 11.4 Å². The van der Waals surface area contributed by atoms with E-state index < -0.39 is 0 Å². The van der Waals surface area contributed by atoms with E-state index in [-0.39, 0.29) is 11.8 Å². The summed E-state index contributed by atoms with van der Waals surface area (Å²) in [5.41, 5.74) is 4.36. The molecular weight excluding hydrogens is 322 g/mol. The number of nitrogens with zero attached hydrogens (tertiary/aromatic N) is 2. The Morgan fingerprint density at radius 3 is 2.62 bits per heavy atom. The predicted molar refractivity (Wildman–Crippen MR) is 106 cm³/mol. The molecule has 4 heteroatoms. The number of piperidine rings is 1. The molecule has 2 heterocycles. The van der Waals surface area contributed by atoms with E-state index in [0.717, 1.165) is 37.1 Å². The van der Waals surface area contributed by atoms with Gasteiger partial charge in [0.15, 0.2) is 0 Å². The lowest BCUT2D eigenvalue weighted by atomic mass is 9.95. The Labute approximate surface area is 153 Å². The van der Waals surface area contributed by atoms with Gasteiger partial charge < -0.3 is 10.2 Å². The van der Waals surface area contributed by atoms with Gasteiger partial charge in [-0.3, -0.25) is 9.78 Å². The number of para-hydroxylation sites is 1. The molecule has 0 atom stereocenters. The zero-order valence-electron chi connectivity index (χ0n) is 15.0. The summed E-state index contributed by atoms with van der Waals surface area (Å²) in [6.07, 6.45) is 3.61. The maximum absolute atomic E-state index is 12.5. The maximum atomic E-state index is 12.5. The van der Waals surface area contributed by atoms with Crippen molar-refractivity contribution in [2.24, 2.45) is 5.92 Å². The van der Waals surface area contributed by atoms with Crippen molar-refractivity contribution in [2.75, 3.05) is 23.3 Å².